The Hall–Kier alpha value is -3.36. The van der Waals surface area contributed by atoms with E-state index in [1.807, 2.05) is 30.4 Å². The fraction of sp³-hybridized carbons (Fsp3) is 0.375. The molecule has 174 valence electrons. The van der Waals surface area contributed by atoms with Gasteiger partial charge in [-0.05, 0) is 43.2 Å². The number of aromatic nitrogens is 1. The third-order valence-corrected chi connectivity index (χ3v) is 6.11. The molecular formula is C24H25F3N4O2. The second kappa shape index (κ2) is 9.64. The highest BCUT2D eigenvalue weighted by Gasteiger charge is 2.37. The molecule has 1 aliphatic heterocycles. The number of pyridine rings is 1. The summed E-state index contributed by atoms with van der Waals surface area (Å²) in [5.74, 6) is -0.843. The van der Waals surface area contributed by atoms with Crippen LogP contribution in [-0.2, 0) is 15.8 Å². The van der Waals surface area contributed by atoms with E-state index in [0.717, 1.165) is 18.0 Å². The normalized spacial score (nSPS) is 21.1. The molecule has 1 aliphatic carbocycles. The number of nitrogens with zero attached hydrogens (tertiary/aromatic N) is 3. The van der Waals surface area contributed by atoms with Gasteiger partial charge in [0.25, 0.3) is 0 Å². The predicted octanol–water partition coefficient (Wildman–Crippen LogP) is 3.97. The van der Waals surface area contributed by atoms with Crippen molar-refractivity contribution in [2.24, 2.45) is 11.8 Å². The van der Waals surface area contributed by atoms with Crippen LogP contribution in [0.3, 0.4) is 0 Å². The quantitative estimate of drug-likeness (QED) is 0.705. The maximum absolute atomic E-state index is 13.3. The van der Waals surface area contributed by atoms with Gasteiger partial charge in [0.15, 0.2) is 0 Å². The monoisotopic (exact) mass is 458 g/mol. The average molecular weight is 458 g/mol. The number of piperazine rings is 1. The van der Waals surface area contributed by atoms with Crippen molar-refractivity contribution in [1.29, 1.82) is 0 Å². The maximum Gasteiger partial charge on any atom is 0.416 e. The number of hydrogen-bond donors (Lipinski definition) is 1. The summed E-state index contributed by atoms with van der Waals surface area (Å²) in [5.41, 5.74) is -0.762. The number of hydrogen-bond acceptors (Lipinski definition) is 4. The lowest BCUT2D eigenvalue weighted by Crippen LogP contribution is -2.52. The van der Waals surface area contributed by atoms with E-state index in [1.165, 1.54) is 12.1 Å². The molecule has 2 unspecified atom stereocenters. The Morgan fingerprint density at radius 1 is 0.939 bits per heavy atom. The highest BCUT2D eigenvalue weighted by molar-refractivity contribution is 5.96. The Morgan fingerprint density at radius 3 is 2.33 bits per heavy atom. The molecule has 0 radical (unpaired) electrons. The molecule has 0 spiro atoms. The van der Waals surface area contributed by atoms with E-state index in [0.29, 0.717) is 39.0 Å². The summed E-state index contributed by atoms with van der Waals surface area (Å²) in [4.78, 5) is 34.5. The molecule has 1 fully saturated rings. The highest BCUT2D eigenvalue weighted by atomic mass is 19.4. The zero-order valence-corrected chi connectivity index (χ0v) is 18.0. The lowest BCUT2D eigenvalue weighted by Gasteiger charge is -2.38. The van der Waals surface area contributed by atoms with Crippen LogP contribution in [0.4, 0.5) is 24.7 Å². The van der Waals surface area contributed by atoms with Gasteiger partial charge in [0.2, 0.25) is 11.8 Å². The zero-order valence-electron chi connectivity index (χ0n) is 18.0. The SMILES string of the molecule is O=C(Nc1cccc(C(F)(F)F)c1)C1CC=CCC1C(=O)N1CCN(c2ccccn2)CC1. The Morgan fingerprint density at radius 2 is 1.67 bits per heavy atom. The van der Waals surface area contributed by atoms with Gasteiger partial charge in [-0.2, -0.15) is 13.2 Å². The molecule has 1 aromatic heterocycles. The van der Waals surface area contributed by atoms with E-state index < -0.39 is 29.5 Å². The van der Waals surface area contributed by atoms with Gasteiger partial charge in [-0.1, -0.05) is 24.3 Å². The minimum atomic E-state index is -4.50. The van der Waals surface area contributed by atoms with Crippen LogP contribution in [0.1, 0.15) is 18.4 Å². The summed E-state index contributed by atoms with van der Waals surface area (Å²) in [6.07, 6.45) is 1.77. The fourth-order valence-electron chi connectivity index (χ4n) is 4.32. The topological polar surface area (TPSA) is 65.5 Å². The number of carbonyl (C=O) groups is 2. The summed E-state index contributed by atoms with van der Waals surface area (Å²) in [6.45, 7) is 2.34. The smallest absolute Gasteiger partial charge is 0.353 e. The largest absolute Gasteiger partial charge is 0.416 e. The summed E-state index contributed by atoms with van der Waals surface area (Å²) >= 11 is 0. The fourth-order valence-corrected chi connectivity index (χ4v) is 4.32. The zero-order chi connectivity index (χ0) is 23.4. The molecule has 33 heavy (non-hydrogen) atoms. The minimum Gasteiger partial charge on any atom is -0.353 e. The van der Waals surface area contributed by atoms with Crippen LogP contribution < -0.4 is 10.2 Å². The maximum atomic E-state index is 13.3. The van der Waals surface area contributed by atoms with Crippen molar-refractivity contribution in [1.82, 2.24) is 9.88 Å². The molecule has 2 aliphatic rings. The lowest BCUT2D eigenvalue weighted by atomic mass is 9.81. The second-order valence-electron chi connectivity index (χ2n) is 8.22. The average Bonchev–Trinajstić information content (AvgIpc) is 2.84. The molecule has 2 atom stereocenters. The molecule has 2 heterocycles. The van der Waals surface area contributed by atoms with Crippen molar-refractivity contribution in [3.05, 3.63) is 66.4 Å². The summed E-state index contributed by atoms with van der Waals surface area (Å²) in [5, 5.41) is 2.58. The van der Waals surface area contributed by atoms with E-state index in [2.05, 4.69) is 15.2 Å². The lowest BCUT2D eigenvalue weighted by molar-refractivity contribution is -0.141. The van der Waals surface area contributed by atoms with Crippen LogP contribution in [-0.4, -0.2) is 47.9 Å². The van der Waals surface area contributed by atoms with E-state index >= 15 is 0 Å². The second-order valence-corrected chi connectivity index (χ2v) is 8.22. The molecule has 9 heteroatoms. The van der Waals surface area contributed by atoms with Crippen molar-refractivity contribution < 1.29 is 22.8 Å². The number of benzene rings is 1. The van der Waals surface area contributed by atoms with Gasteiger partial charge in [-0.3, -0.25) is 9.59 Å². The molecule has 2 aromatic rings. The molecule has 2 amide bonds. The molecule has 4 rings (SSSR count). The Balaban J connectivity index is 1.40. The Labute approximate surface area is 190 Å². The standard InChI is InChI=1S/C24H25F3N4O2/c25-24(26,27)17-6-5-7-18(16-17)29-22(32)19-8-1-2-9-20(19)23(33)31-14-12-30(13-15-31)21-10-3-4-11-28-21/h1-7,10-11,16,19-20H,8-9,12-15H2,(H,29,32). The van der Waals surface area contributed by atoms with Crippen LogP contribution in [0.15, 0.2) is 60.8 Å². The third kappa shape index (κ3) is 5.35. The number of allylic oxidation sites excluding steroid dienone is 2. The predicted molar refractivity (Wildman–Crippen MR) is 118 cm³/mol. The van der Waals surface area contributed by atoms with Crippen LogP contribution >= 0.6 is 0 Å². The molecule has 0 bridgehead atoms. The van der Waals surface area contributed by atoms with E-state index in [9.17, 15) is 22.8 Å². The van der Waals surface area contributed by atoms with Crippen molar-refractivity contribution in [2.45, 2.75) is 19.0 Å². The number of nitrogens with one attached hydrogen (secondary N) is 1. The van der Waals surface area contributed by atoms with Gasteiger partial charge < -0.3 is 15.1 Å². The Kier molecular flexibility index (Phi) is 6.67. The first-order valence-corrected chi connectivity index (χ1v) is 10.9. The van der Waals surface area contributed by atoms with Crippen LogP contribution in [0.5, 0.6) is 0 Å². The Bertz CT molecular complexity index is 1020. The van der Waals surface area contributed by atoms with Crippen molar-refractivity contribution in [3.63, 3.8) is 0 Å². The van der Waals surface area contributed by atoms with Crippen molar-refractivity contribution in [2.75, 3.05) is 36.4 Å². The van der Waals surface area contributed by atoms with Gasteiger partial charge in [-0.25, -0.2) is 4.98 Å². The van der Waals surface area contributed by atoms with Gasteiger partial charge in [0.05, 0.1) is 17.4 Å². The van der Waals surface area contributed by atoms with Crippen molar-refractivity contribution in [3.8, 4) is 0 Å². The third-order valence-electron chi connectivity index (χ3n) is 6.11. The van der Waals surface area contributed by atoms with E-state index in [-0.39, 0.29) is 11.6 Å². The van der Waals surface area contributed by atoms with Crippen LogP contribution in [0, 0.1) is 11.8 Å². The first kappa shape index (κ1) is 22.8. The highest BCUT2D eigenvalue weighted by Crippen LogP contribution is 2.32. The molecular weight excluding hydrogens is 433 g/mol. The van der Waals surface area contributed by atoms with Crippen LogP contribution in [0.25, 0.3) is 0 Å². The summed E-state index contributed by atoms with van der Waals surface area (Å²) < 4.78 is 39.0. The molecule has 1 saturated heterocycles. The van der Waals surface area contributed by atoms with Gasteiger partial charge in [-0.15, -0.1) is 0 Å². The number of halogens is 3. The molecule has 0 saturated carbocycles. The van der Waals surface area contributed by atoms with Gasteiger partial charge in [0, 0.05) is 38.1 Å². The van der Waals surface area contributed by atoms with Gasteiger partial charge in [0.1, 0.15) is 5.82 Å². The van der Waals surface area contributed by atoms with E-state index in [1.54, 1.807) is 11.1 Å². The first-order chi connectivity index (χ1) is 15.8. The number of anilines is 2. The number of amides is 2. The molecule has 1 aromatic carbocycles. The summed E-state index contributed by atoms with van der Waals surface area (Å²) in [6, 6.07) is 10.2. The number of rotatable bonds is 4. The number of alkyl halides is 3. The molecule has 1 N–H and O–H groups in total. The van der Waals surface area contributed by atoms with Crippen molar-refractivity contribution >= 4 is 23.3 Å². The van der Waals surface area contributed by atoms with Crippen LogP contribution in [0.2, 0.25) is 0 Å². The number of carbonyl (C=O) groups excluding carboxylic acids is 2. The van der Waals surface area contributed by atoms with E-state index in [4.69, 9.17) is 0 Å². The molecule has 6 nitrogen and oxygen atoms in total. The van der Waals surface area contributed by atoms with Gasteiger partial charge >= 0.3 is 6.18 Å². The first-order valence-electron chi connectivity index (χ1n) is 10.9. The minimum absolute atomic E-state index is 0.0690. The summed E-state index contributed by atoms with van der Waals surface area (Å²) in [7, 11) is 0.